The summed E-state index contributed by atoms with van der Waals surface area (Å²) in [6.45, 7) is 0.180. The lowest BCUT2D eigenvalue weighted by Crippen LogP contribution is -2.29. The van der Waals surface area contributed by atoms with Gasteiger partial charge >= 0.3 is 0 Å². The number of likely N-dealkylation sites (tertiary alicyclic amines) is 1. The highest BCUT2D eigenvalue weighted by Crippen LogP contribution is 2.41. The Kier molecular flexibility index (Phi) is 5.73. The van der Waals surface area contributed by atoms with Crippen LogP contribution in [0.1, 0.15) is 22.7 Å². The molecular formula is C24H19ClN2O4. The maximum atomic E-state index is 13.1. The number of hydrogen-bond acceptors (Lipinski definition) is 5. The topological polar surface area (TPSA) is 79.7 Å². The van der Waals surface area contributed by atoms with E-state index in [-0.39, 0.29) is 17.9 Å². The van der Waals surface area contributed by atoms with E-state index in [0.717, 1.165) is 5.56 Å². The van der Waals surface area contributed by atoms with Gasteiger partial charge in [-0.1, -0.05) is 35.9 Å². The van der Waals surface area contributed by atoms with Gasteiger partial charge < -0.3 is 14.7 Å². The van der Waals surface area contributed by atoms with Crippen LogP contribution in [0, 0.1) is 0 Å². The molecule has 156 valence electrons. The second kappa shape index (κ2) is 8.62. The molecule has 7 heteroatoms. The van der Waals surface area contributed by atoms with Gasteiger partial charge in [0.15, 0.2) is 0 Å². The maximum absolute atomic E-state index is 13.1. The predicted octanol–water partition coefficient (Wildman–Crippen LogP) is 4.37. The van der Waals surface area contributed by atoms with Gasteiger partial charge in [0.25, 0.3) is 11.7 Å². The third-order valence-corrected chi connectivity index (χ3v) is 5.38. The van der Waals surface area contributed by atoms with Crippen molar-refractivity contribution in [2.45, 2.75) is 12.6 Å². The minimum absolute atomic E-state index is 0.00887. The van der Waals surface area contributed by atoms with Crippen molar-refractivity contribution in [2.75, 3.05) is 7.11 Å². The average molecular weight is 435 g/mol. The molecule has 1 amide bonds. The first-order valence-electron chi connectivity index (χ1n) is 9.57. The molecule has 6 nitrogen and oxygen atoms in total. The molecule has 1 aliphatic heterocycles. The summed E-state index contributed by atoms with van der Waals surface area (Å²) in [4.78, 5) is 31.5. The summed E-state index contributed by atoms with van der Waals surface area (Å²) in [6, 6.07) is 16.4. The van der Waals surface area contributed by atoms with E-state index < -0.39 is 17.7 Å². The number of methoxy groups -OCH3 is 1. The number of amides is 1. The number of nitrogens with zero attached hydrogens (tertiary/aromatic N) is 2. The molecule has 31 heavy (non-hydrogen) atoms. The van der Waals surface area contributed by atoms with Crippen LogP contribution in [0.3, 0.4) is 0 Å². The smallest absolute Gasteiger partial charge is 0.295 e. The van der Waals surface area contributed by atoms with Crippen LogP contribution in [-0.4, -0.2) is 33.8 Å². The lowest BCUT2D eigenvalue weighted by atomic mass is 9.95. The van der Waals surface area contributed by atoms with E-state index in [2.05, 4.69) is 4.98 Å². The van der Waals surface area contributed by atoms with Gasteiger partial charge in [0.2, 0.25) is 0 Å². The van der Waals surface area contributed by atoms with E-state index in [1.807, 2.05) is 0 Å². The fourth-order valence-corrected chi connectivity index (χ4v) is 3.88. The normalized spacial score (nSPS) is 17.7. The number of Topliss-reactive ketones (excluding diaryl/α,β-unsaturated/α-hetero) is 1. The molecule has 1 saturated heterocycles. The fourth-order valence-electron chi connectivity index (χ4n) is 3.68. The van der Waals surface area contributed by atoms with Gasteiger partial charge in [-0.05, 0) is 47.5 Å². The lowest BCUT2D eigenvalue weighted by molar-refractivity contribution is -0.140. The molecule has 1 fully saturated rings. The summed E-state index contributed by atoms with van der Waals surface area (Å²) in [6.07, 6.45) is 3.24. The Morgan fingerprint density at radius 2 is 1.84 bits per heavy atom. The van der Waals surface area contributed by atoms with Crippen LogP contribution in [0.5, 0.6) is 5.75 Å². The molecule has 1 aromatic heterocycles. The number of halogens is 1. The largest absolute Gasteiger partial charge is 0.507 e. The summed E-state index contributed by atoms with van der Waals surface area (Å²) in [5.74, 6) is -1.18. The number of carbonyl (C=O) groups excluding carboxylic acids is 2. The van der Waals surface area contributed by atoms with Crippen LogP contribution in [0.25, 0.3) is 5.76 Å². The molecule has 1 unspecified atom stereocenters. The van der Waals surface area contributed by atoms with E-state index in [1.54, 1.807) is 73.1 Å². The number of aliphatic hydroxyl groups excluding tert-OH is 1. The van der Waals surface area contributed by atoms with Crippen molar-refractivity contribution in [2.24, 2.45) is 0 Å². The number of pyridine rings is 1. The maximum Gasteiger partial charge on any atom is 0.295 e. The third kappa shape index (κ3) is 4.02. The Labute approximate surface area is 184 Å². The zero-order chi connectivity index (χ0) is 22.0. The van der Waals surface area contributed by atoms with Crippen molar-refractivity contribution < 1.29 is 19.4 Å². The van der Waals surface area contributed by atoms with E-state index in [4.69, 9.17) is 16.3 Å². The first-order valence-corrected chi connectivity index (χ1v) is 9.94. The highest BCUT2D eigenvalue weighted by Gasteiger charge is 2.46. The van der Waals surface area contributed by atoms with Gasteiger partial charge in [-0.2, -0.15) is 0 Å². The highest BCUT2D eigenvalue weighted by molar-refractivity contribution is 6.46. The van der Waals surface area contributed by atoms with Crippen LogP contribution in [0.4, 0.5) is 0 Å². The summed E-state index contributed by atoms with van der Waals surface area (Å²) in [5.41, 5.74) is 1.83. The molecule has 2 aromatic carbocycles. The molecule has 0 bridgehead atoms. The average Bonchev–Trinajstić information content (AvgIpc) is 3.04. The second-order valence-electron chi connectivity index (χ2n) is 7.07. The van der Waals surface area contributed by atoms with Gasteiger partial charge in [-0.15, -0.1) is 0 Å². The van der Waals surface area contributed by atoms with Gasteiger partial charge in [-0.3, -0.25) is 14.6 Å². The number of aromatic nitrogens is 1. The Morgan fingerprint density at radius 1 is 1.10 bits per heavy atom. The number of ketones is 1. The van der Waals surface area contributed by atoms with Crippen molar-refractivity contribution in [1.82, 2.24) is 9.88 Å². The van der Waals surface area contributed by atoms with Gasteiger partial charge in [-0.25, -0.2) is 0 Å². The van der Waals surface area contributed by atoms with Gasteiger partial charge in [0.1, 0.15) is 11.5 Å². The highest BCUT2D eigenvalue weighted by atomic mass is 35.5. The number of hydrogen-bond donors (Lipinski definition) is 1. The van der Waals surface area contributed by atoms with Crippen LogP contribution in [0.2, 0.25) is 5.02 Å². The number of ether oxygens (including phenoxy) is 1. The lowest BCUT2D eigenvalue weighted by Gasteiger charge is -2.25. The minimum atomic E-state index is -0.793. The molecule has 4 rings (SSSR count). The molecule has 0 saturated carbocycles. The van der Waals surface area contributed by atoms with Crippen molar-refractivity contribution in [3.05, 3.63) is 100 Å². The summed E-state index contributed by atoms with van der Waals surface area (Å²) in [5, 5.41) is 11.6. The minimum Gasteiger partial charge on any atom is -0.507 e. The number of rotatable bonds is 5. The first kappa shape index (κ1) is 20.6. The standard InChI is InChI=1S/C24H19ClN2O4/c1-31-19-7-3-5-17(13-19)22(28)20-21(16-4-2-6-18(25)12-16)27(24(30)23(20)29)14-15-8-10-26-11-9-15/h2-13,21,28H,14H2,1H3. The second-order valence-corrected chi connectivity index (χ2v) is 7.51. The van der Waals surface area contributed by atoms with E-state index in [9.17, 15) is 14.7 Å². The summed E-state index contributed by atoms with van der Waals surface area (Å²) in [7, 11) is 1.51. The fraction of sp³-hybridized carbons (Fsp3) is 0.125. The van der Waals surface area contributed by atoms with Crippen molar-refractivity contribution in [3.63, 3.8) is 0 Å². The Bertz CT molecular complexity index is 1180. The van der Waals surface area contributed by atoms with Gasteiger partial charge in [0, 0.05) is 29.5 Å². The third-order valence-electron chi connectivity index (χ3n) is 5.15. The van der Waals surface area contributed by atoms with Crippen LogP contribution >= 0.6 is 11.6 Å². The molecular weight excluding hydrogens is 416 g/mol. The zero-order valence-corrected chi connectivity index (χ0v) is 17.4. The van der Waals surface area contributed by atoms with Crippen LogP contribution in [0.15, 0.2) is 78.6 Å². The molecule has 0 spiro atoms. The number of benzene rings is 2. The monoisotopic (exact) mass is 434 g/mol. The van der Waals surface area contributed by atoms with Crippen LogP contribution < -0.4 is 4.74 Å². The molecule has 2 heterocycles. The SMILES string of the molecule is COc1cccc(C(O)=C2C(=O)C(=O)N(Cc3ccncc3)C2c2cccc(Cl)c2)c1. The number of carbonyl (C=O) groups is 2. The number of aliphatic hydroxyl groups is 1. The molecule has 1 aliphatic rings. The van der Waals surface area contributed by atoms with Crippen molar-refractivity contribution in [3.8, 4) is 5.75 Å². The Balaban J connectivity index is 1.87. The Morgan fingerprint density at radius 3 is 2.55 bits per heavy atom. The molecule has 3 aromatic rings. The van der Waals surface area contributed by atoms with Crippen LogP contribution in [-0.2, 0) is 16.1 Å². The molecule has 1 atom stereocenters. The molecule has 0 aliphatic carbocycles. The summed E-state index contributed by atoms with van der Waals surface area (Å²) < 4.78 is 5.22. The zero-order valence-electron chi connectivity index (χ0n) is 16.7. The predicted molar refractivity (Wildman–Crippen MR) is 117 cm³/mol. The van der Waals surface area contributed by atoms with Crippen molar-refractivity contribution in [1.29, 1.82) is 0 Å². The first-order chi connectivity index (χ1) is 15.0. The Hall–Kier alpha value is -3.64. The quantitative estimate of drug-likeness (QED) is 0.366. The van der Waals surface area contributed by atoms with E-state index in [1.165, 1.54) is 12.0 Å². The molecule has 1 N–H and O–H groups in total. The van der Waals surface area contributed by atoms with Gasteiger partial charge in [0.05, 0.1) is 18.7 Å². The van der Waals surface area contributed by atoms with E-state index in [0.29, 0.717) is 21.9 Å². The van der Waals surface area contributed by atoms with Crippen molar-refractivity contribution >= 4 is 29.1 Å². The van der Waals surface area contributed by atoms with E-state index >= 15 is 0 Å². The molecule has 0 radical (unpaired) electrons. The summed E-state index contributed by atoms with van der Waals surface area (Å²) >= 11 is 6.20.